The number of ether oxygens (including phenoxy) is 1. The number of nitrogens with zero attached hydrogens (tertiary/aromatic N) is 3. The van der Waals surface area contributed by atoms with E-state index in [-0.39, 0.29) is 0 Å². The first-order chi connectivity index (χ1) is 17.9. The maximum atomic E-state index is 6.34. The molecule has 0 unspecified atom stereocenters. The van der Waals surface area contributed by atoms with Crippen molar-refractivity contribution in [2.75, 3.05) is 0 Å². The molecule has 0 bridgehead atoms. The van der Waals surface area contributed by atoms with E-state index in [1.165, 1.54) is 38.2 Å². The van der Waals surface area contributed by atoms with Crippen molar-refractivity contribution >= 4 is 35.2 Å². The summed E-state index contributed by atoms with van der Waals surface area (Å²) in [6.45, 7) is 8.03. The van der Waals surface area contributed by atoms with Crippen LogP contribution in [-0.2, 0) is 18.4 Å². The van der Waals surface area contributed by atoms with Crippen LogP contribution in [0.5, 0.6) is 0 Å². The zero-order chi connectivity index (χ0) is 25.6. The third-order valence-electron chi connectivity index (χ3n) is 7.87. The number of rotatable bonds is 6. The van der Waals surface area contributed by atoms with Crippen LogP contribution in [0.15, 0.2) is 67.1 Å². The fourth-order valence-corrected chi connectivity index (χ4v) is 7.58. The Morgan fingerprint density at radius 1 is 0.973 bits per heavy atom. The maximum absolute atomic E-state index is 6.34. The van der Waals surface area contributed by atoms with Gasteiger partial charge in [-0.05, 0) is 59.7 Å². The Kier molecular flexibility index (Phi) is 6.25. The van der Waals surface area contributed by atoms with Crippen molar-refractivity contribution in [3.8, 4) is 11.1 Å². The second-order valence-corrected chi connectivity index (χ2v) is 16.6. The smallest absolute Gasteiger partial charge is 0.138 e. The SMILES string of the molecule is Cn1cc(-c2ccc3cnc4[nH]c([Si](C)(C)C)c(C5CCC(OCc6ccccc6)CC5)c4c3c2)cn1. The number of pyridine rings is 1. The van der Waals surface area contributed by atoms with Gasteiger partial charge >= 0.3 is 0 Å². The average molecular weight is 509 g/mol. The molecule has 1 aliphatic carbocycles. The van der Waals surface area contributed by atoms with Crippen LogP contribution in [0.2, 0.25) is 19.6 Å². The third-order valence-corrected chi connectivity index (χ3v) is 9.77. The van der Waals surface area contributed by atoms with Gasteiger partial charge in [0, 0.05) is 41.1 Å². The zero-order valence-electron chi connectivity index (χ0n) is 22.3. The van der Waals surface area contributed by atoms with E-state index in [0.717, 1.165) is 36.9 Å². The van der Waals surface area contributed by atoms with Crippen LogP contribution in [0.4, 0.5) is 0 Å². The van der Waals surface area contributed by atoms with Crippen LogP contribution in [0.25, 0.3) is 32.9 Å². The van der Waals surface area contributed by atoms with Crippen molar-refractivity contribution in [1.82, 2.24) is 19.7 Å². The lowest BCUT2D eigenvalue weighted by Gasteiger charge is -2.31. The Morgan fingerprint density at radius 3 is 2.46 bits per heavy atom. The molecule has 37 heavy (non-hydrogen) atoms. The minimum absolute atomic E-state index is 0.337. The topological polar surface area (TPSA) is 55.7 Å². The fraction of sp³-hybridized carbons (Fsp3) is 0.355. The van der Waals surface area contributed by atoms with E-state index in [1.54, 1.807) is 0 Å². The van der Waals surface area contributed by atoms with Gasteiger partial charge in [-0.15, -0.1) is 0 Å². The Labute approximate surface area is 219 Å². The summed E-state index contributed by atoms with van der Waals surface area (Å²) in [4.78, 5) is 8.73. The van der Waals surface area contributed by atoms with Crippen molar-refractivity contribution in [3.63, 3.8) is 0 Å². The zero-order valence-corrected chi connectivity index (χ0v) is 23.3. The first-order valence-electron chi connectivity index (χ1n) is 13.5. The Hall–Kier alpha value is -3.22. The number of fused-ring (bicyclic) bond motifs is 3. The van der Waals surface area contributed by atoms with Crippen molar-refractivity contribution in [3.05, 3.63) is 78.2 Å². The standard InChI is InChI=1S/C31H36N4OSi/c1-35-19-25(18-33-35)23-10-11-24-17-32-30-29(27(24)16-23)28(31(34-30)37(2,3)4)22-12-14-26(15-13-22)36-20-21-8-6-5-7-9-21/h5-11,16-19,22,26H,12-15,20H2,1-4H3,(H,32,34). The molecule has 0 spiro atoms. The molecule has 0 amide bonds. The lowest BCUT2D eigenvalue weighted by molar-refractivity contribution is 0.0134. The summed E-state index contributed by atoms with van der Waals surface area (Å²) >= 11 is 0. The maximum Gasteiger partial charge on any atom is 0.138 e. The van der Waals surface area contributed by atoms with Gasteiger partial charge in [-0.25, -0.2) is 4.98 Å². The number of H-pyrrole nitrogens is 1. The highest BCUT2D eigenvalue weighted by Crippen LogP contribution is 2.40. The molecular formula is C31H36N4OSi. The van der Waals surface area contributed by atoms with Gasteiger partial charge in [0.1, 0.15) is 5.65 Å². The molecule has 5 aromatic rings. The molecule has 2 aromatic carbocycles. The van der Waals surface area contributed by atoms with Crippen LogP contribution >= 0.6 is 0 Å². The van der Waals surface area contributed by atoms with E-state index >= 15 is 0 Å². The van der Waals surface area contributed by atoms with Crippen LogP contribution in [0.3, 0.4) is 0 Å². The van der Waals surface area contributed by atoms with E-state index in [0.29, 0.717) is 18.6 Å². The summed E-state index contributed by atoms with van der Waals surface area (Å²) in [5, 5.41) is 9.68. The summed E-state index contributed by atoms with van der Waals surface area (Å²) in [7, 11) is 0.346. The lowest BCUT2D eigenvalue weighted by Crippen LogP contribution is -2.42. The lowest BCUT2D eigenvalue weighted by atomic mass is 9.82. The Bertz CT molecular complexity index is 1540. The molecule has 0 radical (unpaired) electrons. The minimum Gasteiger partial charge on any atom is -0.374 e. The van der Waals surface area contributed by atoms with E-state index in [2.05, 4.69) is 84.5 Å². The van der Waals surface area contributed by atoms with Crippen LogP contribution < -0.4 is 5.32 Å². The van der Waals surface area contributed by atoms with Gasteiger partial charge in [0.15, 0.2) is 0 Å². The molecule has 6 heteroatoms. The van der Waals surface area contributed by atoms with Gasteiger partial charge in [0.2, 0.25) is 0 Å². The van der Waals surface area contributed by atoms with Gasteiger partial charge in [0.05, 0.1) is 27.0 Å². The molecule has 3 aromatic heterocycles. The number of nitrogens with one attached hydrogen (secondary N) is 1. The van der Waals surface area contributed by atoms with Gasteiger partial charge < -0.3 is 9.72 Å². The fourth-order valence-electron chi connectivity index (χ4n) is 5.95. The van der Waals surface area contributed by atoms with Crippen molar-refractivity contribution in [2.45, 2.75) is 64.0 Å². The molecule has 0 saturated heterocycles. The number of aromatic amines is 1. The number of benzene rings is 2. The predicted molar refractivity (Wildman–Crippen MR) is 155 cm³/mol. The van der Waals surface area contributed by atoms with Crippen LogP contribution in [0.1, 0.15) is 42.7 Å². The van der Waals surface area contributed by atoms with Gasteiger partial charge in [0.25, 0.3) is 0 Å². The first-order valence-corrected chi connectivity index (χ1v) is 17.0. The van der Waals surface area contributed by atoms with Crippen LogP contribution in [-0.4, -0.2) is 33.9 Å². The van der Waals surface area contributed by atoms with Gasteiger partial charge in [-0.1, -0.05) is 62.1 Å². The predicted octanol–water partition coefficient (Wildman–Crippen LogP) is 6.90. The van der Waals surface area contributed by atoms with E-state index in [9.17, 15) is 0 Å². The molecule has 1 fully saturated rings. The largest absolute Gasteiger partial charge is 0.374 e. The molecule has 190 valence electrons. The second kappa shape index (κ2) is 9.58. The molecule has 0 atom stereocenters. The van der Waals surface area contributed by atoms with E-state index < -0.39 is 8.07 Å². The normalized spacial score (nSPS) is 18.6. The Morgan fingerprint density at radius 2 is 1.76 bits per heavy atom. The molecule has 1 saturated carbocycles. The van der Waals surface area contributed by atoms with Crippen molar-refractivity contribution < 1.29 is 4.74 Å². The second-order valence-electron chi connectivity index (χ2n) is 11.6. The first kappa shape index (κ1) is 24.1. The molecule has 6 rings (SSSR count). The quantitative estimate of drug-likeness (QED) is 0.254. The highest BCUT2D eigenvalue weighted by molar-refractivity contribution is 6.88. The number of aryl methyl sites for hydroxylation is 1. The summed E-state index contributed by atoms with van der Waals surface area (Å²) in [6, 6.07) is 17.3. The van der Waals surface area contributed by atoms with Gasteiger partial charge in [-0.3, -0.25) is 4.68 Å². The van der Waals surface area contributed by atoms with E-state index in [4.69, 9.17) is 9.72 Å². The molecular weight excluding hydrogens is 472 g/mol. The molecule has 0 aliphatic heterocycles. The summed E-state index contributed by atoms with van der Waals surface area (Å²) in [5.41, 5.74) is 6.16. The summed E-state index contributed by atoms with van der Waals surface area (Å²) in [5.74, 6) is 0.529. The van der Waals surface area contributed by atoms with E-state index in [1.807, 2.05) is 24.1 Å². The number of hydrogen-bond donors (Lipinski definition) is 1. The molecule has 5 nitrogen and oxygen atoms in total. The molecule has 1 aliphatic rings. The van der Waals surface area contributed by atoms with Crippen molar-refractivity contribution in [1.29, 1.82) is 0 Å². The van der Waals surface area contributed by atoms with Crippen molar-refractivity contribution in [2.24, 2.45) is 7.05 Å². The molecule has 1 N–H and O–H groups in total. The highest BCUT2D eigenvalue weighted by atomic mass is 28.3. The number of hydrogen-bond acceptors (Lipinski definition) is 3. The number of aromatic nitrogens is 4. The minimum atomic E-state index is -1.62. The molecule has 3 heterocycles. The van der Waals surface area contributed by atoms with Crippen LogP contribution in [0, 0.1) is 0 Å². The van der Waals surface area contributed by atoms with Gasteiger partial charge in [-0.2, -0.15) is 5.10 Å². The average Bonchev–Trinajstić information content (AvgIpc) is 3.52. The Balaban J connectivity index is 1.36. The third kappa shape index (κ3) is 4.76. The highest BCUT2D eigenvalue weighted by Gasteiger charge is 2.32. The summed E-state index contributed by atoms with van der Waals surface area (Å²) in [6.07, 6.45) is 10.9. The monoisotopic (exact) mass is 508 g/mol. The summed E-state index contributed by atoms with van der Waals surface area (Å²) < 4.78 is 8.20.